The molecule has 2 rings (SSSR count). The Morgan fingerprint density at radius 2 is 2.16 bits per heavy atom. The number of rotatable bonds is 6. The predicted molar refractivity (Wildman–Crippen MR) is 76.3 cm³/mol. The fourth-order valence-electron chi connectivity index (χ4n) is 3.25. The van der Waals surface area contributed by atoms with Crippen LogP contribution in [0.5, 0.6) is 0 Å². The third-order valence-electron chi connectivity index (χ3n) is 4.16. The molecule has 1 aromatic carbocycles. The van der Waals surface area contributed by atoms with Crippen LogP contribution in [-0.2, 0) is 4.79 Å². The molecule has 3 nitrogen and oxygen atoms in total. The molecule has 0 aliphatic carbocycles. The largest absolute Gasteiger partial charge is 0.481 e. The topological polar surface area (TPSA) is 40.5 Å². The van der Waals surface area contributed by atoms with Crippen molar-refractivity contribution in [3.05, 3.63) is 35.9 Å². The van der Waals surface area contributed by atoms with Crippen LogP contribution in [0.15, 0.2) is 30.3 Å². The van der Waals surface area contributed by atoms with E-state index in [1.54, 1.807) is 0 Å². The van der Waals surface area contributed by atoms with Crippen LogP contribution >= 0.6 is 0 Å². The molecule has 0 spiro atoms. The fraction of sp³-hybridized carbons (Fsp3) is 0.562. The summed E-state index contributed by atoms with van der Waals surface area (Å²) in [6, 6.07) is 11.1. The van der Waals surface area contributed by atoms with Gasteiger partial charge in [-0.15, -0.1) is 0 Å². The summed E-state index contributed by atoms with van der Waals surface area (Å²) >= 11 is 0. The van der Waals surface area contributed by atoms with Gasteiger partial charge in [0.2, 0.25) is 0 Å². The van der Waals surface area contributed by atoms with E-state index in [9.17, 15) is 4.79 Å². The van der Waals surface area contributed by atoms with Crippen molar-refractivity contribution in [3.8, 4) is 0 Å². The number of carbonyl (C=O) groups is 1. The molecule has 0 saturated carbocycles. The van der Waals surface area contributed by atoms with Gasteiger partial charge in [0.15, 0.2) is 0 Å². The monoisotopic (exact) mass is 261 g/mol. The highest BCUT2D eigenvalue weighted by molar-refractivity contribution is 5.66. The lowest BCUT2D eigenvalue weighted by atomic mass is 9.87. The van der Waals surface area contributed by atoms with Crippen LogP contribution in [0, 0.1) is 0 Å². The van der Waals surface area contributed by atoms with Crippen LogP contribution in [0.25, 0.3) is 0 Å². The summed E-state index contributed by atoms with van der Waals surface area (Å²) in [5, 5.41) is 8.85. The smallest absolute Gasteiger partial charge is 0.304 e. The summed E-state index contributed by atoms with van der Waals surface area (Å²) in [6.07, 6.45) is 3.74. The summed E-state index contributed by atoms with van der Waals surface area (Å²) in [6.45, 7) is 3.95. The van der Waals surface area contributed by atoms with Crippen LogP contribution in [0.3, 0.4) is 0 Å². The van der Waals surface area contributed by atoms with E-state index in [1.807, 2.05) is 6.07 Å². The molecule has 1 aromatic rings. The molecule has 2 atom stereocenters. The predicted octanol–water partition coefficient (Wildman–Crippen LogP) is 3.12. The number of nitrogens with zero attached hydrogens (tertiary/aromatic N) is 1. The molecule has 3 heteroatoms. The molecule has 1 aliphatic heterocycles. The highest BCUT2D eigenvalue weighted by Gasteiger charge is 2.31. The first-order valence-corrected chi connectivity index (χ1v) is 7.23. The van der Waals surface area contributed by atoms with Crippen molar-refractivity contribution < 1.29 is 9.90 Å². The molecule has 1 N–H and O–H groups in total. The van der Waals surface area contributed by atoms with E-state index in [1.165, 1.54) is 18.4 Å². The molecule has 1 aliphatic rings. The van der Waals surface area contributed by atoms with Crippen LogP contribution in [0.2, 0.25) is 0 Å². The zero-order valence-electron chi connectivity index (χ0n) is 11.6. The summed E-state index contributed by atoms with van der Waals surface area (Å²) < 4.78 is 0. The molecule has 1 saturated heterocycles. The van der Waals surface area contributed by atoms with Gasteiger partial charge in [0, 0.05) is 12.6 Å². The maximum absolute atomic E-state index is 10.7. The number of hydrogen-bond acceptors (Lipinski definition) is 2. The minimum Gasteiger partial charge on any atom is -0.481 e. The van der Waals surface area contributed by atoms with Gasteiger partial charge in [0.1, 0.15) is 0 Å². The minimum atomic E-state index is -0.696. The molecule has 0 aromatic heterocycles. The Kier molecular flexibility index (Phi) is 4.97. The van der Waals surface area contributed by atoms with Crippen molar-refractivity contribution in [2.45, 2.75) is 44.6 Å². The highest BCUT2D eigenvalue weighted by Crippen LogP contribution is 2.33. The van der Waals surface area contributed by atoms with E-state index in [0.29, 0.717) is 18.5 Å². The maximum Gasteiger partial charge on any atom is 0.304 e. The zero-order valence-corrected chi connectivity index (χ0v) is 11.6. The van der Waals surface area contributed by atoms with E-state index in [0.717, 1.165) is 13.0 Å². The molecule has 0 bridgehead atoms. The first-order chi connectivity index (χ1) is 9.22. The lowest BCUT2D eigenvalue weighted by Gasteiger charge is -2.31. The minimum absolute atomic E-state index is 0.252. The van der Waals surface area contributed by atoms with Gasteiger partial charge in [-0.25, -0.2) is 0 Å². The molecule has 104 valence electrons. The molecule has 0 unspecified atom stereocenters. The van der Waals surface area contributed by atoms with Crippen LogP contribution in [0.1, 0.15) is 44.1 Å². The summed E-state index contributed by atoms with van der Waals surface area (Å²) in [4.78, 5) is 13.1. The van der Waals surface area contributed by atoms with Crippen LogP contribution in [-0.4, -0.2) is 35.1 Å². The number of carboxylic acids is 1. The van der Waals surface area contributed by atoms with E-state index in [2.05, 4.69) is 36.1 Å². The van der Waals surface area contributed by atoms with Crippen LogP contribution in [0.4, 0.5) is 0 Å². The quantitative estimate of drug-likeness (QED) is 0.855. The SMILES string of the molecule is CC[C@H](c1ccccc1)[C@H]1CCCN1CCC(=O)O. The van der Waals surface area contributed by atoms with Crippen LogP contribution < -0.4 is 0 Å². The van der Waals surface area contributed by atoms with Gasteiger partial charge < -0.3 is 5.11 Å². The van der Waals surface area contributed by atoms with Crippen molar-refractivity contribution in [1.82, 2.24) is 4.90 Å². The van der Waals surface area contributed by atoms with Crippen molar-refractivity contribution in [2.75, 3.05) is 13.1 Å². The molecule has 0 radical (unpaired) electrons. The normalized spacial score (nSPS) is 21.4. The molecular weight excluding hydrogens is 238 g/mol. The Balaban J connectivity index is 2.06. The van der Waals surface area contributed by atoms with Gasteiger partial charge in [0.05, 0.1) is 6.42 Å². The lowest BCUT2D eigenvalue weighted by molar-refractivity contribution is -0.137. The Labute approximate surface area is 115 Å². The van der Waals surface area contributed by atoms with E-state index in [-0.39, 0.29) is 6.42 Å². The van der Waals surface area contributed by atoms with Gasteiger partial charge >= 0.3 is 5.97 Å². The number of benzene rings is 1. The summed E-state index contributed by atoms with van der Waals surface area (Å²) in [5.74, 6) is -0.170. The number of aliphatic carboxylic acids is 1. The van der Waals surface area contributed by atoms with Gasteiger partial charge in [-0.05, 0) is 37.3 Å². The second kappa shape index (κ2) is 6.71. The van der Waals surface area contributed by atoms with Crippen molar-refractivity contribution >= 4 is 5.97 Å². The number of carboxylic acid groups (broad SMARTS) is 1. The van der Waals surface area contributed by atoms with Gasteiger partial charge in [-0.1, -0.05) is 37.3 Å². The second-order valence-corrected chi connectivity index (χ2v) is 5.31. The second-order valence-electron chi connectivity index (χ2n) is 5.31. The first kappa shape index (κ1) is 14.1. The zero-order chi connectivity index (χ0) is 13.7. The number of hydrogen-bond donors (Lipinski definition) is 1. The van der Waals surface area contributed by atoms with Gasteiger partial charge in [0.25, 0.3) is 0 Å². The van der Waals surface area contributed by atoms with Crippen molar-refractivity contribution in [3.63, 3.8) is 0 Å². The summed E-state index contributed by atoms with van der Waals surface area (Å²) in [7, 11) is 0. The third-order valence-corrected chi connectivity index (χ3v) is 4.16. The maximum atomic E-state index is 10.7. The van der Waals surface area contributed by atoms with Gasteiger partial charge in [-0.2, -0.15) is 0 Å². The first-order valence-electron chi connectivity index (χ1n) is 7.23. The average Bonchev–Trinajstić information content (AvgIpc) is 2.87. The molecule has 1 heterocycles. The summed E-state index contributed by atoms with van der Waals surface area (Å²) in [5.41, 5.74) is 1.39. The van der Waals surface area contributed by atoms with E-state index in [4.69, 9.17) is 5.11 Å². The molecular formula is C16H23NO2. The Bertz CT molecular complexity index is 404. The average molecular weight is 261 g/mol. The Morgan fingerprint density at radius 1 is 1.42 bits per heavy atom. The lowest BCUT2D eigenvalue weighted by Crippen LogP contribution is -2.35. The van der Waals surface area contributed by atoms with Gasteiger partial charge in [-0.3, -0.25) is 9.69 Å². The van der Waals surface area contributed by atoms with E-state index < -0.39 is 5.97 Å². The fourth-order valence-corrected chi connectivity index (χ4v) is 3.25. The van der Waals surface area contributed by atoms with Crippen molar-refractivity contribution in [2.24, 2.45) is 0 Å². The molecule has 1 fully saturated rings. The molecule has 19 heavy (non-hydrogen) atoms. The Hall–Kier alpha value is -1.35. The van der Waals surface area contributed by atoms with Crippen molar-refractivity contribution in [1.29, 1.82) is 0 Å². The highest BCUT2D eigenvalue weighted by atomic mass is 16.4. The number of likely N-dealkylation sites (tertiary alicyclic amines) is 1. The third kappa shape index (κ3) is 3.57. The molecule has 0 amide bonds. The standard InChI is InChI=1S/C16H23NO2/c1-2-14(13-7-4-3-5-8-13)15-9-6-11-17(15)12-10-16(18)19/h3-5,7-8,14-15H,2,6,9-12H2,1H3,(H,18,19)/t14-,15-/m1/s1. The Morgan fingerprint density at radius 3 is 2.79 bits per heavy atom. The van der Waals surface area contributed by atoms with E-state index >= 15 is 0 Å².